The highest BCUT2D eigenvalue weighted by atomic mass is 16.6. The molecule has 4 aliphatic rings. The summed E-state index contributed by atoms with van der Waals surface area (Å²) in [7, 11) is 0. The van der Waals surface area contributed by atoms with E-state index in [9.17, 15) is 4.79 Å². The number of aryl methyl sites for hydroxylation is 1. The largest absolute Gasteiger partial charge is 0.444 e. The Morgan fingerprint density at radius 3 is 2.87 bits per heavy atom. The van der Waals surface area contributed by atoms with Gasteiger partial charge in [0.15, 0.2) is 17.0 Å². The van der Waals surface area contributed by atoms with Gasteiger partial charge in [-0.25, -0.2) is 14.8 Å². The maximum Gasteiger partial charge on any atom is 0.407 e. The van der Waals surface area contributed by atoms with E-state index < -0.39 is 5.60 Å². The van der Waals surface area contributed by atoms with Crippen LogP contribution in [0.2, 0.25) is 0 Å². The summed E-state index contributed by atoms with van der Waals surface area (Å²) in [4.78, 5) is 31.5. The van der Waals surface area contributed by atoms with Crippen LogP contribution in [0.3, 0.4) is 0 Å². The molecule has 7 rings (SSSR count). The lowest BCUT2D eigenvalue weighted by Gasteiger charge is -2.45. The molecular formula is C28H36N8O2. The number of fused-ring (bicyclic) bond motifs is 3. The van der Waals surface area contributed by atoms with Gasteiger partial charge < -0.3 is 19.9 Å². The number of anilines is 3. The number of aromatic amines is 1. The Morgan fingerprint density at radius 1 is 1.21 bits per heavy atom. The predicted molar refractivity (Wildman–Crippen MR) is 144 cm³/mol. The lowest BCUT2D eigenvalue weighted by Crippen LogP contribution is -2.53. The summed E-state index contributed by atoms with van der Waals surface area (Å²) in [5, 5.41) is 11.0. The van der Waals surface area contributed by atoms with Crippen LogP contribution in [0.25, 0.3) is 11.2 Å². The molecule has 0 radical (unpaired) electrons. The van der Waals surface area contributed by atoms with Gasteiger partial charge in [-0.2, -0.15) is 5.10 Å². The van der Waals surface area contributed by atoms with Crippen molar-refractivity contribution in [2.75, 3.05) is 29.4 Å². The molecule has 2 saturated carbocycles. The number of nitrogens with one attached hydrogen (secondary N) is 2. The number of ether oxygens (including phenoxy) is 1. The van der Waals surface area contributed by atoms with Crippen LogP contribution in [0.5, 0.6) is 0 Å². The van der Waals surface area contributed by atoms with Crippen molar-refractivity contribution in [3.05, 3.63) is 30.2 Å². The lowest BCUT2D eigenvalue weighted by atomic mass is 9.71. The van der Waals surface area contributed by atoms with Gasteiger partial charge in [0, 0.05) is 31.9 Å². The zero-order valence-corrected chi connectivity index (χ0v) is 22.4. The highest BCUT2D eigenvalue weighted by Gasteiger charge is 2.62. The molecule has 1 amide bonds. The van der Waals surface area contributed by atoms with Gasteiger partial charge >= 0.3 is 6.09 Å². The molecule has 2 N–H and O–H groups in total. The van der Waals surface area contributed by atoms with Crippen molar-refractivity contribution < 1.29 is 9.53 Å². The Kier molecular flexibility index (Phi) is 5.32. The summed E-state index contributed by atoms with van der Waals surface area (Å²) in [6, 6.07) is 4.28. The molecule has 1 spiro atoms. The average Bonchev–Trinajstić information content (AvgIpc) is 3.41. The number of pyridine rings is 1. The molecule has 3 fully saturated rings. The van der Waals surface area contributed by atoms with Crippen LogP contribution in [-0.2, 0) is 11.2 Å². The SMILES string of the molecule is CC(C)(C)OC(=O)N[C@@H]1[C@@H]2C[C@@H]2CC12CCN(c1cnc3c(N4CCCc5ncccc54)n[nH]c3n1)CC2. The van der Waals surface area contributed by atoms with Crippen LogP contribution in [0.4, 0.5) is 22.1 Å². The maximum absolute atomic E-state index is 12.6. The van der Waals surface area contributed by atoms with E-state index in [1.54, 1.807) is 0 Å². The highest BCUT2D eigenvalue weighted by Crippen LogP contribution is 2.63. The first kappa shape index (κ1) is 23.7. The highest BCUT2D eigenvalue weighted by molar-refractivity contribution is 5.87. The molecule has 0 aromatic carbocycles. The van der Waals surface area contributed by atoms with E-state index in [0.29, 0.717) is 11.6 Å². The van der Waals surface area contributed by atoms with Gasteiger partial charge in [0.1, 0.15) is 11.4 Å². The number of carbonyl (C=O) groups is 1. The summed E-state index contributed by atoms with van der Waals surface area (Å²) in [5.74, 6) is 3.04. The summed E-state index contributed by atoms with van der Waals surface area (Å²) >= 11 is 0. The normalized spacial score (nSPS) is 25.8. The van der Waals surface area contributed by atoms with Crippen molar-refractivity contribution in [3.8, 4) is 0 Å². The molecular weight excluding hydrogens is 480 g/mol. The zero-order valence-electron chi connectivity index (χ0n) is 22.4. The second-order valence-corrected chi connectivity index (χ2v) is 12.5. The molecule has 10 nitrogen and oxygen atoms in total. The third-order valence-electron chi connectivity index (χ3n) is 8.94. The fraction of sp³-hybridized carbons (Fsp3) is 0.607. The molecule has 38 heavy (non-hydrogen) atoms. The van der Waals surface area contributed by atoms with Crippen molar-refractivity contribution in [3.63, 3.8) is 0 Å². The number of alkyl carbamates (subject to hydrolysis) is 1. The molecule has 3 aromatic heterocycles. The molecule has 0 unspecified atom stereocenters. The molecule has 200 valence electrons. The minimum Gasteiger partial charge on any atom is -0.444 e. The van der Waals surface area contributed by atoms with Crippen molar-refractivity contribution >= 4 is 34.6 Å². The second kappa shape index (κ2) is 8.54. The van der Waals surface area contributed by atoms with E-state index in [2.05, 4.69) is 36.4 Å². The van der Waals surface area contributed by atoms with Gasteiger partial charge in [-0.05, 0) is 88.7 Å². The minimum absolute atomic E-state index is 0.148. The lowest BCUT2D eigenvalue weighted by molar-refractivity contribution is 0.0417. The average molecular weight is 517 g/mol. The number of nitrogens with zero attached hydrogens (tertiary/aromatic N) is 6. The van der Waals surface area contributed by atoms with E-state index in [-0.39, 0.29) is 17.6 Å². The van der Waals surface area contributed by atoms with Crippen LogP contribution in [0.1, 0.15) is 58.6 Å². The molecule has 2 aliphatic heterocycles. The summed E-state index contributed by atoms with van der Waals surface area (Å²) in [5.41, 5.74) is 3.36. The number of hydrogen-bond donors (Lipinski definition) is 2. The van der Waals surface area contributed by atoms with Crippen LogP contribution < -0.4 is 15.1 Å². The van der Waals surface area contributed by atoms with Crippen molar-refractivity contribution in [2.24, 2.45) is 17.3 Å². The molecule has 0 bridgehead atoms. The van der Waals surface area contributed by atoms with E-state index in [4.69, 9.17) is 14.7 Å². The fourth-order valence-electron chi connectivity index (χ4n) is 7.14. The third-order valence-corrected chi connectivity index (χ3v) is 8.94. The Hall–Kier alpha value is -3.43. The van der Waals surface area contributed by atoms with Crippen molar-refractivity contribution in [2.45, 2.75) is 70.9 Å². The first-order valence-corrected chi connectivity index (χ1v) is 14.0. The first-order valence-electron chi connectivity index (χ1n) is 14.0. The van der Waals surface area contributed by atoms with Crippen LogP contribution >= 0.6 is 0 Å². The maximum atomic E-state index is 12.6. The number of aromatic nitrogens is 5. The molecule has 1 saturated heterocycles. The first-order chi connectivity index (χ1) is 18.3. The van der Waals surface area contributed by atoms with Gasteiger partial charge in [0.05, 0.1) is 17.6 Å². The summed E-state index contributed by atoms with van der Waals surface area (Å²) in [6.07, 6.45) is 9.97. The second-order valence-electron chi connectivity index (χ2n) is 12.5. The van der Waals surface area contributed by atoms with Gasteiger partial charge in [-0.3, -0.25) is 10.1 Å². The third kappa shape index (κ3) is 4.05. The fourth-order valence-corrected chi connectivity index (χ4v) is 7.14. The molecule has 3 atom stereocenters. The monoisotopic (exact) mass is 516 g/mol. The quantitative estimate of drug-likeness (QED) is 0.528. The van der Waals surface area contributed by atoms with Crippen LogP contribution in [0.15, 0.2) is 24.5 Å². The molecule has 5 heterocycles. The number of hydrogen-bond acceptors (Lipinski definition) is 8. The van der Waals surface area contributed by atoms with E-state index in [1.807, 2.05) is 39.2 Å². The topological polar surface area (TPSA) is 112 Å². The van der Waals surface area contributed by atoms with Crippen molar-refractivity contribution in [1.29, 1.82) is 0 Å². The number of amides is 1. The van der Waals surface area contributed by atoms with Crippen LogP contribution in [-0.4, -0.2) is 62.5 Å². The Balaban J connectivity index is 1.07. The van der Waals surface area contributed by atoms with Crippen molar-refractivity contribution in [1.82, 2.24) is 30.5 Å². The Labute approximate surface area is 222 Å². The Bertz CT molecular complexity index is 1370. The summed E-state index contributed by atoms with van der Waals surface area (Å²) in [6.45, 7) is 8.43. The Morgan fingerprint density at radius 2 is 2.05 bits per heavy atom. The standard InChI is InChI=1S/C28H36N8O2/c1-27(2,3)38-26(37)32-23-18-14-17(18)15-28(23)8-12-35(13-9-28)21-16-30-22-24(31-21)33-34-25(22)36-11-5-6-19-20(36)7-4-10-29-19/h4,7,10,16-18,23H,5-6,8-9,11-15H2,1-3H3,(H,32,37)(H,31,33,34)/t17-,18-,23-/m1/s1. The number of rotatable bonds is 3. The van der Waals surface area contributed by atoms with Gasteiger partial charge in [0.25, 0.3) is 0 Å². The number of carbonyl (C=O) groups excluding carboxylic acids is 1. The van der Waals surface area contributed by atoms with Gasteiger partial charge in [-0.1, -0.05) is 0 Å². The van der Waals surface area contributed by atoms with E-state index in [1.165, 1.54) is 12.8 Å². The molecule has 10 heteroatoms. The predicted octanol–water partition coefficient (Wildman–Crippen LogP) is 4.35. The van der Waals surface area contributed by atoms with Gasteiger partial charge in [0.2, 0.25) is 0 Å². The summed E-state index contributed by atoms with van der Waals surface area (Å²) < 4.78 is 5.60. The molecule has 3 aromatic rings. The minimum atomic E-state index is -0.486. The van der Waals surface area contributed by atoms with E-state index in [0.717, 1.165) is 79.8 Å². The smallest absolute Gasteiger partial charge is 0.407 e. The zero-order chi connectivity index (χ0) is 26.1. The van der Waals surface area contributed by atoms with Crippen LogP contribution in [0, 0.1) is 17.3 Å². The van der Waals surface area contributed by atoms with Gasteiger partial charge in [-0.15, -0.1) is 0 Å². The van der Waals surface area contributed by atoms with E-state index >= 15 is 0 Å². The number of piperidine rings is 1. The number of H-pyrrole nitrogens is 1. The molecule has 2 aliphatic carbocycles.